The van der Waals surface area contributed by atoms with Crippen molar-refractivity contribution in [2.45, 2.75) is 65.0 Å². The van der Waals surface area contributed by atoms with E-state index < -0.39 is 0 Å². The summed E-state index contributed by atoms with van der Waals surface area (Å²) >= 11 is 0. The van der Waals surface area contributed by atoms with Crippen LogP contribution in [-0.2, 0) is 11.3 Å². The van der Waals surface area contributed by atoms with Gasteiger partial charge in [0.2, 0.25) is 0 Å². The van der Waals surface area contributed by atoms with Crippen molar-refractivity contribution in [1.29, 1.82) is 0 Å². The van der Waals surface area contributed by atoms with Gasteiger partial charge in [0.25, 0.3) is 6.01 Å². The molecular formula is C21H36N6O3. The second-order valence-electron chi connectivity index (χ2n) is 8.00. The second-order valence-corrected chi connectivity index (χ2v) is 8.00. The summed E-state index contributed by atoms with van der Waals surface area (Å²) in [5.41, 5.74) is 7.34. The molecule has 1 saturated heterocycles. The van der Waals surface area contributed by atoms with Gasteiger partial charge in [-0.05, 0) is 58.0 Å². The van der Waals surface area contributed by atoms with E-state index in [0.29, 0.717) is 29.0 Å². The van der Waals surface area contributed by atoms with Crippen LogP contribution < -0.4 is 20.5 Å². The molecule has 0 radical (unpaired) electrons. The number of fused-ring (bicyclic) bond motifs is 1. The van der Waals surface area contributed by atoms with Gasteiger partial charge in [-0.25, -0.2) is 0 Å². The number of ether oxygens (including phenoxy) is 3. The topological polar surface area (TPSA) is 109 Å². The first kappa shape index (κ1) is 22.6. The lowest BCUT2D eigenvalue weighted by Gasteiger charge is -2.22. The van der Waals surface area contributed by atoms with Crippen molar-refractivity contribution in [3.63, 3.8) is 0 Å². The molecule has 0 spiro atoms. The van der Waals surface area contributed by atoms with Crippen molar-refractivity contribution in [3.8, 4) is 12.0 Å². The standard InChI is InChI=1S/C21H36N6O3/c1-4-7-15(2)30-20-25-18(22)17-19(26-20)27(21(24-17)28-3)11-6-5-10-23-14-16-8-12-29-13-9-16/h15-16,23H,4-14H2,1-3H3,(H2,22,25,26). The molecule has 3 rings (SSSR count). The molecule has 3 N–H and O–H groups in total. The Labute approximate surface area is 178 Å². The highest BCUT2D eigenvalue weighted by atomic mass is 16.5. The molecule has 3 heterocycles. The van der Waals surface area contributed by atoms with Crippen LogP contribution >= 0.6 is 0 Å². The fourth-order valence-corrected chi connectivity index (χ4v) is 3.81. The van der Waals surface area contributed by atoms with Crippen molar-refractivity contribution in [3.05, 3.63) is 0 Å². The number of hydrogen-bond donors (Lipinski definition) is 2. The van der Waals surface area contributed by atoms with Crippen LogP contribution in [0.5, 0.6) is 12.0 Å². The van der Waals surface area contributed by atoms with Crippen molar-refractivity contribution in [2.75, 3.05) is 39.1 Å². The Morgan fingerprint density at radius 2 is 2.03 bits per heavy atom. The average molecular weight is 421 g/mol. The van der Waals surface area contributed by atoms with Gasteiger partial charge >= 0.3 is 6.01 Å². The molecule has 30 heavy (non-hydrogen) atoms. The molecule has 2 aromatic rings. The lowest BCUT2D eigenvalue weighted by atomic mass is 10.0. The van der Waals surface area contributed by atoms with Gasteiger partial charge in [0, 0.05) is 19.8 Å². The van der Waals surface area contributed by atoms with Crippen LogP contribution in [0.25, 0.3) is 11.2 Å². The number of unbranched alkanes of at least 4 members (excludes halogenated alkanes) is 1. The first-order valence-corrected chi connectivity index (χ1v) is 11.1. The van der Waals surface area contributed by atoms with E-state index in [0.717, 1.165) is 77.3 Å². The largest absolute Gasteiger partial charge is 0.468 e. The molecule has 0 saturated carbocycles. The Kier molecular flexibility index (Phi) is 8.50. The molecule has 0 aromatic carbocycles. The Morgan fingerprint density at radius 1 is 1.23 bits per heavy atom. The van der Waals surface area contributed by atoms with Gasteiger partial charge in [-0.1, -0.05) is 13.3 Å². The molecule has 1 aliphatic heterocycles. The van der Waals surface area contributed by atoms with E-state index in [1.807, 2.05) is 11.5 Å². The summed E-state index contributed by atoms with van der Waals surface area (Å²) in [6.07, 6.45) is 6.37. The van der Waals surface area contributed by atoms with Crippen LogP contribution in [0.1, 0.15) is 52.4 Å². The molecule has 168 valence electrons. The van der Waals surface area contributed by atoms with Gasteiger partial charge in [-0.2, -0.15) is 15.0 Å². The first-order valence-electron chi connectivity index (χ1n) is 11.1. The predicted octanol–water partition coefficient (Wildman–Crippen LogP) is 2.78. The normalized spacial score (nSPS) is 16.1. The van der Waals surface area contributed by atoms with Crippen molar-refractivity contribution >= 4 is 17.0 Å². The molecule has 1 atom stereocenters. The van der Waals surface area contributed by atoms with Crippen LogP contribution in [0.15, 0.2) is 0 Å². The number of nitrogens with one attached hydrogen (secondary N) is 1. The Bertz CT molecular complexity index is 791. The smallest absolute Gasteiger partial charge is 0.320 e. The Balaban J connectivity index is 1.58. The molecule has 1 fully saturated rings. The maximum atomic E-state index is 6.13. The summed E-state index contributed by atoms with van der Waals surface area (Å²) in [5, 5.41) is 3.58. The van der Waals surface area contributed by atoms with Gasteiger partial charge in [0.1, 0.15) is 0 Å². The molecule has 2 aromatic heterocycles. The van der Waals surface area contributed by atoms with Crippen LogP contribution in [0.3, 0.4) is 0 Å². The first-order chi connectivity index (χ1) is 14.6. The third kappa shape index (κ3) is 5.95. The SMILES string of the molecule is CCCC(C)Oc1nc(N)c2nc(OC)n(CCCCNCC3CCOCC3)c2n1. The number of hydrogen-bond acceptors (Lipinski definition) is 8. The average Bonchev–Trinajstić information content (AvgIpc) is 3.09. The summed E-state index contributed by atoms with van der Waals surface area (Å²) in [6.45, 7) is 8.74. The molecule has 9 nitrogen and oxygen atoms in total. The molecule has 1 unspecified atom stereocenters. The van der Waals surface area contributed by atoms with E-state index in [2.05, 4.69) is 27.2 Å². The van der Waals surface area contributed by atoms with Crippen LogP contribution in [0.2, 0.25) is 0 Å². The number of aromatic nitrogens is 4. The third-order valence-corrected chi connectivity index (χ3v) is 5.51. The Morgan fingerprint density at radius 3 is 2.77 bits per heavy atom. The quantitative estimate of drug-likeness (QED) is 0.505. The van der Waals surface area contributed by atoms with Crippen LogP contribution in [0, 0.1) is 5.92 Å². The number of nitrogens with zero attached hydrogens (tertiary/aromatic N) is 4. The molecule has 0 amide bonds. The summed E-state index contributed by atoms with van der Waals surface area (Å²) in [6, 6.07) is 0.794. The second kappa shape index (κ2) is 11.3. The van der Waals surface area contributed by atoms with Crippen LogP contribution in [-0.4, -0.2) is 59.0 Å². The number of anilines is 1. The number of methoxy groups -OCH3 is 1. The molecule has 9 heteroatoms. The number of nitrogens with two attached hydrogens (primary N) is 1. The van der Waals surface area contributed by atoms with E-state index in [9.17, 15) is 0 Å². The zero-order chi connectivity index (χ0) is 21.3. The molecular weight excluding hydrogens is 384 g/mol. The van der Waals surface area contributed by atoms with Gasteiger partial charge in [-0.3, -0.25) is 4.57 Å². The number of aryl methyl sites for hydroxylation is 1. The zero-order valence-corrected chi connectivity index (χ0v) is 18.5. The summed E-state index contributed by atoms with van der Waals surface area (Å²) in [4.78, 5) is 13.3. The minimum Gasteiger partial charge on any atom is -0.468 e. The minimum atomic E-state index is 0.0342. The Hall–Kier alpha value is -2.13. The predicted molar refractivity (Wildman–Crippen MR) is 117 cm³/mol. The maximum Gasteiger partial charge on any atom is 0.320 e. The fraction of sp³-hybridized carbons (Fsp3) is 0.762. The van der Waals surface area contributed by atoms with Crippen molar-refractivity contribution < 1.29 is 14.2 Å². The molecule has 0 aliphatic carbocycles. The van der Waals surface area contributed by atoms with E-state index in [4.69, 9.17) is 19.9 Å². The highest BCUT2D eigenvalue weighted by Crippen LogP contribution is 2.26. The van der Waals surface area contributed by atoms with E-state index in [1.54, 1.807) is 7.11 Å². The summed E-state index contributed by atoms with van der Waals surface area (Å²) in [7, 11) is 1.61. The lowest BCUT2D eigenvalue weighted by Crippen LogP contribution is -2.28. The van der Waals surface area contributed by atoms with Crippen LogP contribution in [0.4, 0.5) is 5.82 Å². The van der Waals surface area contributed by atoms with Crippen molar-refractivity contribution in [1.82, 2.24) is 24.8 Å². The van der Waals surface area contributed by atoms with Gasteiger partial charge in [0.15, 0.2) is 17.0 Å². The number of nitrogen functional groups attached to an aromatic ring is 1. The monoisotopic (exact) mass is 420 g/mol. The van der Waals surface area contributed by atoms with E-state index in [-0.39, 0.29) is 6.10 Å². The van der Waals surface area contributed by atoms with Gasteiger partial charge in [-0.15, -0.1) is 0 Å². The fourth-order valence-electron chi connectivity index (χ4n) is 3.81. The molecule has 1 aliphatic rings. The lowest BCUT2D eigenvalue weighted by molar-refractivity contribution is 0.0663. The van der Waals surface area contributed by atoms with Gasteiger partial charge < -0.3 is 25.3 Å². The number of rotatable bonds is 12. The third-order valence-electron chi connectivity index (χ3n) is 5.51. The summed E-state index contributed by atoms with van der Waals surface area (Å²) < 4.78 is 18.7. The molecule has 0 bridgehead atoms. The van der Waals surface area contributed by atoms with Crippen molar-refractivity contribution in [2.24, 2.45) is 5.92 Å². The minimum absolute atomic E-state index is 0.0342. The van der Waals surface area contributed by atoms with E-state index >= 15 is 0 Å². The van der Waals surface area contributed by atoms with Gasteiger partial charge in [0.05, 0.1) is 13.2 Å². The maximum absolute atomic E-state index is 6.13. The number of imidazole rings is 1. The highest BCUT2D eigenvalue weighted by molar-refractivity contribution is 5.83. The zero-order valence-electron chi connectivity index (χ0n) is 18.5. The highest BCUT2D eigenvalue weighted by Gasteiger charge is 2.18. The van der Waals surface area contributed by atoms with E-state index in [1.165, 1.54) is 0 Å². The summed E-state index contributed by atoms with van der Waals surface area (Å²) in [5.74, 6) is 1.05.